The number of hydrogen-bond donors (Lipinski definition) is 1. The number of nitrogens with one attached hydrogen (secondary N) is 1. The van der Waals surface area contributed by atoms with Gasteiger partial charge in [0.1, 0.15) is 0 Å². The summed E-state index contributed by atoms with van der Waals surface area (Å²) in [6.07, 6.45) is -0.968. The van der Waals surface area contributed by atoms with Crippen molar-refractivity contribution >= 4 is 22.8 Å². The zero-order chi connectivity index (χ0) is 19.4. The van der Waals surface area contributed by atoms with E-state index in [1.54, 1.807) is 31.3 Å². The number of fused-ring (bicyclic) bond motifs is 1. The smallest absolute Gasteiger partial charge is 0.339 e. The highest BCUT2D eigenvalue weighted by Crippen LogP contribution is 2.16. The molecule has 0 saturated carbocycles. The fourth-order valence-electron chi connectivity index (χ4n) is 2.89. The van der Waals surface area contributed by atoms with Gasteiger partial charge in [0.2, 0.25) is 5.56 Å². The predicted molar refractivity (Wildman–Crippen MR) is 102 cm³/mol. The fourth-order valence-corrected chi connectivity index (χ4v) is 2.89. The van der Waals surface area contributed by atoms with E-state index in [2.05, 4.69) is 4.98 Å². The first-order chi connectivity index (χ1) is 13.0. The van der Waals surface area contributed by atoms with E-state index < -0.39 is 17.6 Å². The van der Waals surface area contributed by atoms with Crippen LogP contribution in [-0.2, 0) is 16.1 Å². The summed E-state index contributed by atoms with van der Waals surface area (Å²) in [6.45, 7) is 1.94. The van der Waals surface area contributed by atoms with Crippen LogP contribution in [-0.4, -0.2) is 34.9 Å². The molecule has 1 N–H and O–H groups in total. The van der Waals surface area contributed by atoms with Gasteiger partial charge in [0.25, 0.3) is 5.91 Å². The Morgan fingerprint density at radius 1 is 1.07 bits per heavy atom. The number of amides is 1. The van der Waals surface area contributed by atoms with Crippen LogP contribution >= 0.6 is 0 Å². The average Bonchev–Trinajstić information content (AvgIpc) is 2.67. The van der Waals surface area contributed by atoms with Gasteiger partial charge >= 0.3 is 5.97 Å². The Morgan fingerprint density at radius 2 is 1.74 bits per heavy atom. The number of H-pyrrole nitrogens is 1. The van der Waals surface area contributed by atoms with Crippen molar-refractivity contribution in [2.75, 3.05) is 7.05 Å². The molecule has 6 nitrogen and oxygen atoms in total. The molecule has 0 unspecified atom stereocenters. The van der Waals surface area contributed by atoms with Crippen LogP contribution in [0.1, 0.15) is 22.8 Å². The molecule has 0 aliphatic rings. The second-order valence-corrected chi connectivity index (χ2v) is 6.32. The maximum atomic E-state index is 12.6. The van der Waals surface area contributed by atoms with Crippen LogP contribution in [0.25, 0.3) is 10.9 Å². The number of benzene rings is 2. The van der Waals surface area contributed by atoms with E-state index in [0.717, 1.165) is 5.56 Å². The Bertz CT molecular complexity index is 1030. The number of rotatable bonds is 5. The molecule has 3 rings (SSSR count). The molecule has 27 heavy (non-hydrogen) atoms. The molecule has 0 saturated heterocycles. The number of esters is 1. The zero-order valence-corrected chi connectivity index (χ0v) is 15.1. The van der Waals surface area contributed by atoms with Gasteiger partial charge in [-0.25, -0.2) is 4.79 Å². The first-order valence-electron chi connectivity index (χ1n) is 8.57. The maximum Gasteiger partial charge on any atom is 0.339 e. The van der Waals surface area contributed by atoms with Crippen molar-refractivity contribution in [2.45, 2.75) is 19.6 Å². The van der Waals surface area contributed by atoms with Crippen molar-refractivity contribution in [3.63, 3.8) is 0 Å². The second kappa shape index (κ2) is 7.86. The molecule has 0 spiro atoms. The Balaban J connectivity index is 1.74. The monoisotopic (exact) mass is 364 g/mol. The topological polar surface area (TPSA) is 79.5 Å². The molecule has 1 atom stereocenters. The molecule has 0 radical (unpaired) electrons. The lowest BCUT2D eigenvalue weighted by Crippen LogP contribution is -2.37. The van der Waals surface area contributed by atoms with Crippen LogP contribution in [0.4, 0.5) is 0 Å². The quantitative estimate of drug-likeness (QED) is 0.706. The van der Waals surface area contributed by atoms with E-state index in [0.29, 0.717) is 17.4 Å². The number of pyridine rings is 1. The third-order valence-electron chi connectivity index (χ3n) is 4.24. The molecule has 1 heterocycles. The molecule has 0 fully saturated rings. The Kier molecular flexibility index (Phi) is 5.35. The van der Waals surface area contributed by atoms with Gasteiger partial charge in [0, 0.05) is 30.6 Å². The Morgan fingerprint density at radius 3 is 2.48 bits per heavy atom. The van der Waals surface area contributed by atoms with E-state index >= 15 is 0 Å². The van der Waals surface area contributed by atoms with Crippen LogP contribution in [0.5, 0.6) is 0 Å². The molecule has 3 aromatic rings. The number of carbonyl (C=O) groups is 2. The number of hydrogen-bond acceptors (Lipinski definition) is 4. The van der Waals surface area contributed by atoms with Gasteiger partial charge in [-0.3, -0.25) is 9.59 Å². The largest absolute Gasteiger partial charge is 0.449 e. The van der Waals surface area contributed by atoms with Gasteiger partial charge in [-0.15, -0.1) is 0 Å². The van der Waals surface area contributed by atoms with Gasteiger partial charge in [-0.1, -0.05) is 48.5 Å². The van der Waals surface area contributed by atoms with Crippen LogP contribution in [0.15, 0.2) is 65.5 Å². The molecular formula is C21H20N2O4. The summed E-state index contributed by atoms with van der Waals surface area (Å²) in [4.78, 5) is 41.1. The molecule has 2 aromatic carbocycles. The molecule has 0 aliphatic heterocycles. The highest BCUT2D eigenvalue weighted by Gasteiger charge is 2.23. The molecular weight excluding hydrogens is 344 g/mol. The number of para-hydroxylation sites is 1. The van der Waals surface area contributed by atoms with Crippen molar-refractivity contribution in [1.29, 1.82) is 0 Å². The van der Waals surface area contributed by atoms with Crippen molar-refractivity contribution in [1.82, 2.24) is 9.88 Å². The zero-order valence-electron chi connectivity index (χ0n) is 15.1. The first kappa shape index (κ1) is 18.4. The molecule has 1 aromatic heterocycles. The summed E-state index contributed by atoms with van der Waals surface area (Å²) >= 11 is 0. The van der Waals surface area contributed by atoms with Crippen molar-refractivity contribution in [3.8, 4) is 0 Å². The number of ether oxygens (including phenoxy) is 1. The minimum atomic E-state index is -0.968. The van der Waals surface area contributed by atoms with Gasteiger partial charge < -0.3 is 14.6 Å². The van der Waals surface area contributed by atoms with Crippen molar-refractivity contribution in [2.24, 2.45) is 0 Å². The fraction of sp³-hybridized carbons (Fsp3) is 0.190. The van der Waals surface area contributed by atoms with E-state index in [4.69, 9.17) is 4.74 Å². The van der Waals surface area contributed by atoms with Gasteiger partial charge in [0.05, 0.1) is 5.56 Å². The molecule has 1 amide bonds. The lowest BCUT2D eigenvalue weighted by Gasteiger charge is -2.21. The van der Waals surface area contributed by atoms with Crippen molar-refractivity contribution in [3.05, 3.63) is 82.1 Å². The summed E-state index contributed by atoms with van der Waals surface area (Å²) in [5.74, 6) is -1.02. The number of aromatic nitrogens is 1. The van der Waals surface area contributed by atoms with E-state index in [9.17, 15) is 14.4 Å². The summed E-state index contributed by atoms with van der Waals surface area (Å²) < 4.78 is 5.34. The van der Waals surface area contributed by atoms with Gasteiger partial charge in [-0.05, 0) is 18.6 Å². The average molecular weight is 364 g/mol. The minimum absolute atomic E-state index is 0.139. The molecule has 0 bridgehead atoms. The standard InChI is InChI=1S/C21H20N2O4/c1-14(20(25)23(2)13-15-8-4-3-5-9-15)27-21(26)17-12-19(24)22-18-11-7-6-10-16(17)18/h3-12,14H,13H2,1-2H3,(H,22,24)/t14-/m1/s1. The number of likely N-dealkylation sites (N-methyl/N-ethyl adjacent to an activating group) is 1. The molecule has 0 aliphatic carbocycles. The predicted octanol–water partition coefficient (Wildman–Crippen LogP) is 2.73. The third kappa shape index (κ3) is 4.23. The van der Waals surface area contributed by atoms with Crippen LogP contribution in [0.2, 0.25) is 0 Å². The lowest BCUT2D eigenvalue weighted by molar-refractivity contribution is -0.139. The normalized spacial score (nSPS) is 11.8. The van der Waals surface area contributed by atoms with E-state index in [-0.39, 0.29) is 11.5 Å². The molecule has 138 valence electrons. The number of carbonyl (C=O) groups excluding carboxylic acids is 2. The SMILES string of the molecule is C[C@@H](OC(=O)c1cc(=O)[nH]c2ccccc12)C(=O)N(C)Cc1ccccc1. The summed E-state index contributed by atoms with van der Waals surface area (Å²) in [6, 6.07) is 17.7. The highest BCUT2D eigenvalue weighted by atomic mass is 16.5. The van der Waals surface area contributed by atoms with Gasteiger partial charge in [-0.2, -0.15) is 0 Å². The van der Waals surface area contributed by atoms with Crippen LogP contribution in [0, 0.1) is 0 Å². The summed E-state index contributed by atoms with van der Waals surface area (Å²) in [5.41, 5.74) is 1.25. The highest BCUT2D eigenvalue weighted by molar-refractivity contribution is 6.03. The van der Waals surface area contributed by atoms with E-state index in [1.165, 1.54) is 17.9 Å². The third-order valence-corrected chi connectivity index (χ3v) is 4.24. The van der Waals surface area contributed by atoms with Gasteiger partial charge in [0.15, 0.2) is 6.10 Å². The van der Waals surface area contributed by atoms with Crippen LogP contribution < -0.4 is 5.56 Å². The lowest BCUT2D eigenvalue weighted by atomic mass is 10.1. The van der Waals surface area contributed by atoms with Crippen LogP contribution in [0.3, 0.4) is 0 Å². The van der Waals surface area contributed by atoms with Crippen molar-refractivity contribution < 1.29 is 14.3 Å². The minimum Gasteiger partial charge on any atom is -0.449 e. The molecule has 6 heteroatoms. The summed E-state index contributed by atoms with van der Waals surface area (Å²) in [7, 11) is 1.66. The van der Waals surface area contributed by atoms with E-state index in [1.807, 2.05) is 30.3 Å². The second-order valence-electron chi connectivity index (χ2n) is 6.32. The maximum absolute atomic E-state index is 12.6. The first-order valence-corrected chi connectivity index (χ1v) is 8.57. The Labute approximate surface area is 156 Å². The number of aromatic amines is 1. The number of nitrogens with zero attached hydrogens (tertiary/aromatic N) is 1. The Hall–Kier alpha value is -3.41. The summed E-state index contributed by atoms with van der Waals surface area (Å²) in [5, 5.41) is 0.569.